The first-order valence-electron chi connectivity index (χ1n) is 7.09. The summed E-state index contributed by atoms with van der Waals surface area (Å²) < 4.78 is 5.04. The zero-order valence-corrected chi connectivity index (χ0v) is 11.2. The zero-order chi connectivity index (χ0) is 12.3. The highest BCUT2D eigenvalue weighted by molar-refractivity contribution is 5.06. The molecule has 0 bridgehead atoms. The van der Waals surface area contributed by atoms with E-state index >= 15 is 0 Å². The lowest BCUT2D eigenvalue weighted by molar-refractivity contribution is 0.523. The number of hydrogen-bond acceptors (Lipinski definition) is 2. The number of nitrogens with two attached hydrogens (primary N) is 1. The van der Waals surface area contributed by atoms with E-state index in [9.17, 15) is 0 Å². The molecule has 0 amide bonds. The first kappa shape index (κ1) is 14.3. The Kier molecular flexibility index (Phi) is 7.81. The van der Waals surface area contributed by atoms with Crippen LogP contribution >= 0.6 is 0 Å². The smallest absolute Gasteiger partial charge is 0.0935 e. The van der Waals surface area contributed by atoms with Crippen molar-refractivity contribution in [2.45, 2.75) is 70.8 Å². The standard InChI is InChI=1S/C15H27NO/c1-2-3-4-5-6-7-8-9-15(16)12-14-10-11-17-13-14/h10-11,13,15H,2-9,12,16H2,1H3. The van der Waals surface area contributed by atoms with E-state index in [2.05, 4.69) is 6.92 Å². The van der Waals surface area contributed by atoms with Crippen molar-refractivity contribution in [3.8, 4) is 0 Å². The van der Waals surface area contributed by atoms with E-state index in [1.807, 2.05) is 6.07 Å². The third kappa shape index (κ3) is 7.22. The first-order chi connectivity index (χ1) is 8.33. The lowest BCUT2D eigenvalue weighted by Crippen LogP contribution is -2.22. The van der Waals surface area contributed by atoms with Crippen LogP contribution < -0.4 is 5.73 Å². The second-order valence-corrected chi connectivity index (χ2v) is 5.01. The van der Waals surface area contributed by atoms with Gasteiger partial charge in [0.05, 0.1) is 12.5 Å². The summed E-state index contributed by atoms with van der Waals surface area (Å²) in [6.45, 7) is 2.26. The summed E-state index contributed by atoms with van der Waals surface area (Å²) in [6, 6.07) is 2.30. The maximum atomic E-state index is 6.09. The minimum atomic E-state index is 0.295. The molecule has 0 aliphatic rings. The predicted octanol–water partition coefficient (Wildman–Crippen LogP) is 4.29. The normalized spacial score (nSPS) is 12.8. The third-order valence-corrected chi connectivity index (χ3v) is 3.26. The molecule has 98 valence electrons. The van der Waals surface area contributed by atoms with Gasteiger partial charge < -0.3 is 10.2 Å². The highest BCUT2D eigenvalue weighted by Crippen LogP contribution is 2.11. The molecule has 1 aromatic rings. The van der Waals surface area contributed by atoms with Crippen LogP contribution in [-0.4, -0.2) is 6.04 Å². The van der Waals surface area contributed by atoms with E-state index < -0.39 is 0 Å². The molecule has 0 aliphatic heterocycles. The zero-order valence-electron chi connectivity index (χ0n) is 11.2. The van der Waals surface area contributed by atoms with Crippen molar-refractivity contribution in [3.05, 3.63) is 24.2 Å². The van der Waals surface area contributed by atoms with E-state index in [4.69, 9.17) is 10.2 Å². The van der Waals surface area contributed by atoms with E-state index in [0.717, 1.165) is 12.8 Å². The minimum Gasteiger partial charge on any atom is -0.472 e. The molecule has 1 heterocycles. The molecule has 1 rings (SSSR count). The fourth-order valence-electron chi connectivity index (χ4n) is 2.18. The molecule has 0 aliphatic carbocycles. The predicted molar refractivity (Wildman–Crippen MR) is 73.0 cm³/mol. The maximum absolute atomic E-state index is 6.09. The minimum absolute atomic E-state index is 0.295. The van der Waals surface area contributed by atoms with Crippen LogP contribution in [0.2, 0.25) is 0 Å². The van der Waals surface area contributed by atoms with Crippen molar-refractivity contribution in [2.24, 2.45) is 5.73 Å². The summed E-state index contributed by atoms with van der Waals surface area (Å²) >= 11 is 0. The van der Waals surface area contributed by atoms with Gasteiger partial charge in [0.1, 0.15) is 0 Å². The molecule has 0 spiro atoms. The van der Waals surface area contributed by atoms with Gasteiger partial charge in [0, 0.05) is 6.04 Å². The van der Waals surface area contributed by atoms with Crippen molar-refractivity contribution < 1.29 is 4.42 Å². The maximum Gasteiger partial charge on any atom is 0.0935 e. The molecule has 17 heavy (non-hydrogen) atoms. The molecular weight excluding hydrogens is 210 g/mol. The quantitative estimate of drug-likeness (QED) is 0.616. The van der Waals surface area contributed by atoms with Crippen molar-refractivity contribution in [1.82, 2.24) is 0 Å². The fourth-order valence-corrected chi connectivity index (χ4v) is 2.18. The topological polar surface area (TPSA) is 39.2 Å². The van der Waals surface area contributed by atoms with Gasteiger partial charge >= 0.3 is 0 Å². The van der Waals surface area contributed by atoms with Crippen molar-refractivity contribution in [3.63, 3.8) is 0 Å². The van der Waals surface area contributed by atoms with Crippen LogP contribution in [-0.2, 0) is 6.42 Å². The molecule has 0 radical (unpaired) electrons. The van der Waals surface area contributed by atoms with E-state index in [1.54, 1.807) is 12.5 Å². The molecule has 0 saturated carbocycles. The van der Waals surface area contributed by atoms with Gasteiger partial charge in [0.2, 0.25) is 0 Å². The Morgan fingerprint density at radius 2 is 1.82 bits per heavy atom. The average Bonchev–Trinajstić information content (AvgIpc) is 2.80. The average molecular weight is 237 g/mol. The van der Waals surface area contributed by atoms with Crippen LogP contribution in [0.4, 0.5) is 0 Å². The van der Waals surface area contributed by atoms with Crippen LogP contribution in [0.15, 0.2) is 23.0 Å². The summed E-state index contributed by atoms with van der Waals surface area (Å²) in [5.74, 6) is 0. The number of furan rings is 1. The van der Waals surface area contributed by atoms with Crippen LogP contribution in [0.3, 0.4) is 0 Å². The molecule has 0 saturated heterocycles. The summed E-state index contributed by atoms with van der Waals surface area (Å²) in [6.07, 6.45) is 15.1. The third-order valence-electron chi connectivity index (χ3n) is 3.26. The number of hydrogen-bond donors (Lipinski definition) is 1. The SMILES string of the molecule is CCCCCCCCCC(N)Cc1ccoc1. The summed E-state index contributed by atoms with van der Waals surface area (Å²) in [5, 5.41) is 0. The number of unbranched alkanes of at least 4 members (excludes halogenated alkanes) is 6. The van der Waals surface area contributed by atoms with Gasteiger partial charge in [-0.3, -0.25) is 0 Å². The Hall–Kier alpha value is -0.760. The van der Waals surface area contributed by atoms with Crippen molar-refractivity contribution in [2.75, 3.05) is 0 Å². The van der Waals surface area contributed by atoms with E-state index in [1.165, 1.54) is 50.5 Å². The Balaban J connectivity index is 1.92. The van der Waals surface area contributed by atoms with Gasteiger partial charge in [-0.2, -0.15) is 0 Å². The molecule has 0 fully saturated rings. The molecule has 0 aromatic carbocycles. The largest absolute Gasteiger partial charge is 0.472 e. The second kappa shape index (κ2) is 9.29. The van der Waals surface area contributed by atoms with Crippen molar-refractivity contribution >= 4 is 0 Å². The molecular formula is C15H27NO. The molecule has 2 N–H and O–H groups in total. The van der Waals surface area contributed by atoms with Crippen LogP contribution in [0.5, 0.6) is 0 Å². The van der Waals surface area contributed by atoms with Crippen LogP contribution in [0.25, 0.3) is 0 Å². The molecule has 1 atom stereocenters. The highest BCUT2D eigenvalue weighted by atomic mass is 16.3. The molecule has 2 nitrogen and oxygen atoms in total. The molecule has 1 aromatic heterocycles. The second-order valence-electron chi connectivity index (χ2n) is 5.01. The number of rotatable bonds is 10. The van der Waals surface area contributed by atoms with Crippen molar-refractivity contribution in [1.29, 1.82) is 0 Å². The summed E-state index contributed by atoms with van der Waals surface area (Å²) in [4.78, 5) is 0. The van der Waals surface area contributed by atoms with Gasteiger partial charge in [0.25, 0.3) is 0 Å². The highest BCUT2D eigenvalue weighted by Gasteiger charge is 2.04. The van der Waals surface area contributed by atoms with Crippen LogP contribution in [0, 0.1) is 0 Å². The van der Waals surface area contributed by atoms with E-state index in [0.29, 0.717) is 6.04 Å². The lowest BCUT2D eigenvalue weighted by atomic mass is 10.0. The molecule has 1 unspecified atom stereocenters. The Morgan fingerprint density at radius 1 is 1.12 bits per heavy atom. The van der Waals surface area contributed by atoms with Gasteiger partial charge in [-0.05, 0) is 24.5 Å². The Morgan fingerprint density at radius 3 is 2.47 bits per heavy atom. The van der Waals surface area contributed by atoms with Gasteiger partial charge in [-0.15, -0.1) is 0 Å². The van der Waals surface area contributed by atoms with Gasteiger partial charge in [0.15, 0.2) is 0 Å². The van der Waals surface area contributed by atoms with Gasteiger partial charge in [-0.25, -0.2) is 0 Å². The van der Waals surface area contributed by atoms with Gasteiger partial charge in [-0.1, -0.05) is 51.9 Å². The monoisotopic (exact) mass is 237 g/mol. The first-order valence-corrected chi connectivity index (χ1v) is 7.09. The summed E-state index contributed by atoms with van der Waals surface area (Å²) in [7, 11) is 0. The Labute approximate surface area is 106 Å². The fraction of sp³-hybridized carbons (Fsp3) is 0.733. The lowest BCUT2D eigenvalue weighted by Gasteiger charge is -2.09. The Bertz CT molecular complexity index is 256. The van der Waals surface area contributed by atoms with Crippen LogP contribution in [0.1, 0.15) is 63.9 Å². The summed E-state index contributed by atoms with van der Waals surface area (Å²) in [5.41, 5.74) is 7.31. The molecule has 2 heteroatoms. The van der Waals surface area contributed by atoms with E-state index in [-0.39, 0.29) is 0 Å².